The number of carbonyl (C=O) groups is 1. The molecule has 0 spiro atoms. The van der Waals surface area contributed by atoms with Gasteiger partial charge in [-0.3, -0.25) is 4.79 Å². The largest absolute Gasteiger partial charge is 0.497 e. The van der Waals surface area contributed by atoms with Gasteiger partial charge in [0.05, 0.1) is 23.2 Å². The van der Waals surface area contributed by atoms with Gasteiger partial charge in [-0.25, -0.2) is 4.98 Å². The van der Waals surface area contributed by atoms with Crippen molar-refractivity contribution < 1.29 is 9.53 Å². The fourth-order valence-electron chi connectivity index (χ4n) is 3.23. The van der Waals surface area contributed by atoms with E-state index in [1.807, 2.05) is 55.5 Å². The number of ether oxygens (including phenoxy) is 1. The highest BCUT2D eigenvalue weighted by Crippen LogP contribution is 2.27. The molecule has 1 aromatic heterocycles. The first-order chi connectivity index (χ1) is 14.9. The number of hydrogen-bond donors (Lipinski definition) is 2. The summed E-state index contributed by atoms with van der Waals surface area (Å²) in [6, 6.07) is 20.4. The minimum absolute atomic E-state index is 0.269. The number of nitrogens with one attached hydrogen (secondary N) is 2. The van der Waals surface area contributed by atoms with Crippen LogP contribution in [0.4, 0.5) is 17.2 Å². The normalized spacial score (nSPS) is 10.7. The van der Waals surface area contributed by atoms with Crippen molar-refractivity contribution in [3.8, 4) is 5.75 Å². The van der Waals surface area contributed by atoms with Gasteiger partial charge >= 0.3 is 0 Å². The third-order valence-corrected chi connectivity index (χ3v) is 5.63. The standard InChI is InChI=1S/C24H19BrClN3O2/c1-14-11-23(27-16-4-7-18(31-2)8-5-16)29-22-10-6-17(13-19(14)22)28-24(30)20-12-15(25)3-9-21(20)26/h3-13H,1-2H3,(H,27,29)(H,28,30). The molecule has 0 atom stereocenters. The number of hydrogen-bond acceptors (Lipinski definition) is 4. The van der Waals surface area contributed by atoms with Gasteiger partial charge in [0.25, 0.3) is 5.91 Å². The Labute approximate surface area is 193 Å². The maximum absolute atomic E-state index is 12.7. The number of methoxy groups -OCH3 is 1. The van der Waals surface area contributed by atoms with Gasteiger partial charge in [0.15, 0.2) is 0 Å². The van der Waals surface area contributed by atoms with Crippen LogP contribution in [0.15, 0.2) is 71.2 Å². The average molecular weight is 497 g/mol. The van der Waals surface area contributed by atoms with E-state index in [-0.39, 0.29) is 5.91 Å². The Bertz CT molecular complexity index is 1280. The van der Waals surface area contributed by atoms with Crippen LogP contribution in [-0.4, -0.2) is 18.0 Å². The quantitative estimate of drug-likeness (QED) is 0.313. The summed E-state index contributed by atoms with van der Waals surface area (Å²) in [7, 11) is 1.64. The third kappa shape index (κ3) is 4.81. The van der Waals surface area contributed by atoms with Gasteiger partial charge in [0, 0.05) is 21.2 Å². The first-order valence-corrected chi connectivity index (χ1v) is 10.7. The van der Waals surface area contributed by atoms with Gasteiger partial charge in [-0.15, -0.1) is 0 Å². The van der Waals surface area contributed by atoms with Crippen molar-refractivity contribution in [2.45, 2.75) is 6.92 Å². The zero-order valence-electron chi connectivity index (χ0n) is 16.9. The summed E-state index contributed by atoms with van der Waals surface area (Å²) >= 11 is 9.54. The van der Waals surface area contributed by atoms with Gasteiger partial charge in [-0.05, 0) is 79.2 Å². The van der Waals surface area contributed by atoms with E-state index in [0.717, 1.165) is 38.2 Å². The number of amides is 1. The van der Waals surface area contributed by atoms with Crippen LogP contribution in [0.25, 0.3) is 10.9 Å². The van der Waals surface area contributed by atoms with E-state index in [1.165, 1.54) is 0 Å². The number of anilines is 3. The van der Waals surface area contributed by atoms with Gasteiger partial charge in [0.2, 0.25) is 0 Å². The van der Waals surface area contributed by atoms with Crippen LogP contribution in [0.1, 0.15) is 15.9 Å². The summed E-state index contributed by atoms with van der Waals surface area (Å²) in [6.45, 7) is 2.01. The molecule has 0 aliphatic rings. The Morgan fingerprint density at radius 2 is 1.74 bits per heavy atom. The summed E-state index contributed by atoms with van der Waals surface area (Å²) in [5.41, 5.74) is 3.87. The molecule has 4 aromatic rings. The van der Waals surface area contributed by atoms with E-state index >= 15 is 0 Å². The highest BCUT2D eigenvalue weighted by Gasteiger charge is 2.12. The number of carbonyl (C=O) groups excluding carboxylic acids is 1. The molecule has 1 heterocycles. The van der Waals surface area contributed by atoms with Crippen molar-refractivity contribution in [1.82, 2.24) is 4.98 Å². The monoisotopic (exact) mass is 495 g/mol. The molecule has 2 N–H and O–H groups in total. The van der Waals surface area contributed by atoms with E-state index in [9.17, 15) is 4.79 Å². The Balaban J connectivity index is 1.58. The van der Waals surface area contributed by atoms with Crippen molar-refractivity contribution >= 4 is 61.5 Å². The van der Waals surface area contributed by atoms with Crippen LogP contribution in [0.2, 0.25) is 5.02 Å². The molecule has 0 saturated heterocycles. The molecule has 31 heavy (non-hydrogen) atoms. The summed E-state index contributed by atoms with van der Waals surface area (Å²) < 4.78 is 5.98. The SMILES string of the molecule is COc1ccc(Nc2cc(C)c3cc(NC(=O)c4cc(Br)ccc4Cl)ccc3n2)cc1. The van der Waals surface area contributed by atoms with Gasteiger partial charge in [-0.2, -0.15) is 0 Å². The molecule has 156 valence electrons. The molecule has 7 heteroatoms. The Morgan fingerprint density at radius 3 is 2.48 bits per heavy atom. The Hall–Kier alpha value is -3.09. The lowest BCUT2D eigenvalue weighted by atomic mass is 10.1. The van der Waals surface area contributed by atoms with Crippen molar-refractivity contribution in [3.63, 3.8) is 0 Å². The second kappa shape index (κ2) is 8.96. The second-order valence-electron chi connectivity index (χ2n) is 6.99. The number of nitrogens with zero attached hydrogens (tertiary/aromatic N) is 1. The van der Waals surface area contributed by atoms with Crippen LogP contribution >= 0.6 is 27.5 Å². The number of pyridine rings is 1. The first-order valence-electron chi connectivity index (χ1n) is 9.52. The minimum atomic E-state index is -0.269. The van der Waals surface area contributed by atoms with Gasteiger partial charge in [-0.1, -0.05) is 27.5 Å². The van der Waals surface area contributed by atoms with Crippen molar-refractivity contribution in [3.05, 3.63) is 87.4 Å². The summed E-state index contributed by atoms with van der Waals surface area (Å²) in [4.78, 5) is 17.4. The fraction of sp³-hybridized carbons (Fsp3) is 0.0833. The maximum Gasteiger partial charge on any atom is 0.257 e. The zero-order valence-corrected chi connectivity index (χ0v) is 19.2. The van der Waals surface area contributed by atoms with E-state index in [0.29, 0.717) is 16.3 Å². The lowest BCUT2D eigenvalue weighted by Crippen LogP contribution is -2.12. The summed E-state index contributed by atoms with van der Waals surface area (Å²) in [5.74, 6) is 1.27. The predicted octanol–water partition coefficient (Wildman–Crippen LogP) is 6.96. The van der Waals surface area contributed by atoms with Crippen molar-refractivity contribution in [1.29, 1.82) is 0 Å². The van der Waals surface area contributed by atoms with Crippen LogP contribution in [0.5, 0.6) is 5.75 Å². The summed E-state index contributed by atoms with van der Waals surface area (Å²) in [5, 5.41) is 7.58. The Morgan fingerprint density at radius 1 is 1.00 bits per heavy atom. The molecule has 0 aliphatic carbocycles. The molecule has 3 aromatic carbocycles. The molecule has 5 nitrogen and oxygen atoms in total. The average Bonchev–Trinajstić information content (AvgIpc) is 2.76. The Kier molecular flexibility index (Phi) is 6.11. The molecule has 0 saturated carbocycles. The molecular formula is C24H19BrClN3O2. The lowest BCUT2D eigenvalue weighted by molar-refractivity contribution is 0.102. The predicted molar refractivity (Wildman–Crippen MR) is 130 cm³/mol. The molecule has 0 aliphatic heterocycles. The van der Waals surface area contributed by atoms with Crippen molar-refractivity contribution in [2.24, 2.45) is 0 Å². The zero-order chi connectivity index (χ0) is 22.0. The van der Waals surface area contributed by atoms with Crippen LogP contribution in [-0.2, 0) is 0 Å². The number of benzene rings is 3. The molecule has 1 amide bonds. The van der Waals surface area contributed by atoms with E-state index in [1.54, 1.807) is 25.3 Å². The number of halogens is 2. The van der Waals surface area contributed by atoms with E-state index in [4.69, 9.17) is 21.3 Å². The molecular weight excluding hydrogens is 478 g/mol. The smallest absolute Gasteiger partial charge is 0.257 e. The molecule has 0 bridgehead atoms. The van der Waals surface area contributed by atoms with E-state index in [2.05, 4.69) is 26.6 Å². The molecule has 0 fully saturated rings. The minimum Gasteiger partial charge on any atom is -0.497 e. The van der Waals surface area contributed by atoms with Crippen LogP contribution in [0.3, 0.4) is 0 Å². The number of aromatic nitrogens is 1. The summed E-state index contributed by atoms with van der Waals surface area (Å²) in [6.07, 6.45) is 0. The number of aryl methyl sites for hydroxylation is 1. The third-order valence-electron chi connectivity index (χ3n) is 4.81. The molecule has 4 rings (SSSR count). The topological polar surface area (TPSA) is 63.2 Å². The van der Waals surface area contributed by atoms with Crippen molar-refractivity contribution in [2.75, 3.05) is 17.7 Å². The first kappa shape index (κ1) is 21.2. The molecule has 0 radical (unpaired) electrons. The van der Waals surface area contributed by atoms with Gasteiger partial charge < -0.3 is 15.4 Å². The highest BCUT2D eigenvalue weighted by molar-refractivity contribution is 9.10. The second-order valence-corrected chi connectivity index (χ2v) is 8.31. The van der Waals surface area contributed by atoms with Crippen LogP contribution < -0.4 is 15.4 Å². The number of rotatable bonds is 5. The van der Waals surface area contributed by atoms with Crippen LogP contribution in [0, 0.1) is 6.92 Å². The van der Waals surface area contributed by atoms with Gasteiger partial charge in [0.1, 0.15) is 11.6 Å². The van der Waals surface area contributed by atoms with E-state index < -0.39 is 0 Å². The molecule has 0 unspecified atom stereocenters. The number of fused-ring (bicyclic) bond motifs is 1. The maximum atomic E-state index is 12.7. The highest BCUT2D eigenvalue weighted by atomic mass is 79.9. The fourth-order valence-corrected chi connectivity index (χ4v) is 3.79. The lowest BCUT2D eigenvalue weighted by Gasteiger charge is -2.12.